The molecule has 0 atom stereocenters. The van der Waals surface area contributed by atoms with Crippen LogP contribution in [0.1, 0.15) is 35.5 Å². The first-order valence-corrected chi connectivity index (χ1v) is 11.1. The Morgan fingerprint density at radius 2 is 1.66 bits per heavy atom. The van der Waals surface area contributed by atoms with Crippen molar-refractivity contribution in [2.45, 2.75) is 33.4 Å². The average Bonchev–Trinajstić information content (AvgIpc) is 3.14. The van der Waals surface area contributed by atoms with Gasteiger partial charge in [-0.1, -0.05) is 30.3 Å². The minimum atomic E-state index is -0.877. The van der Waals surface area contributed by atoms with Crippen LogP contribution in [0, 0.1) is 24.4 Å². The van der Waals surface area contributed by atoms with Gasteiger partial charge < -0.3 is 9.64 Å². The highest BCUT2D eigenvalue weighted by Crippen LogP contribution is 2.33. The van der Waals surface area contributed by atoms with E-state index in [1.165, 1.54) is 33.8 Å². The molecule has 0 N–H and O–H groups in total. The van der Waals surface area contributed by atoms with E-state index in [2.05, 4.69) is 5.10 Å². The number of para-hydroxylation sites is 1. The molecule has 0 saturated carbocycles. The zero-order chi connectivity index (χ0) is 25.1. The zero-order valence-corrected chi connectivity index (χ0v) is 19.5. The summed E-state index contributed by atoms with van der Waals surface area (Å²) in [7, 11) is 0. The van der Waals surface area contributed by atoms with Crippen LogP contribution < -0.4 is 4.74 Å². The summed E-state index contributed by atoms with van der Waals surface area (Å²) in [5, 5.41) is 4.57. The number of halogens is 3. The van der Waals surface area contributed by atoms with Crippen LogP contribution in [0.2, 0.25) is 0 Å². The number of hydrogen-bond donors (Lipinski definition) is 0. The van der Waals surface area contributed by atoms with Crippen molar-refractivity contribution in [3.8, 4) is 17.3 Å². The lowest BCUT2D eigenvalue weighted by molar-refractivity contribution is 0.0684. The SMILES string of the molecule is Cc1nn(-c2ccccc2)c(Oc2ccc(F)cc2F)c1CN(C(=O)c1ccccc1F)C(C)C. The van der Waals surface area contributed by atoms with E-state index in [1.54, 1.807) is 25.1 Å². The molecule has 0 spiro atoms. The van der Waals surface area contributed by atoms with E-state index in [4.69, 9.17) is 4.74 Å². The van der Waals surface area contributed by atoms with Crippen molar-refractivity contribution in [2.24, 2.45) is 0 Å². The summed E-state index contributed by atoms with van der Waals surface area (Å²) in [6, 6.07) is 17.6. The van der Waals surface area contributed by atoms with E-state index < -0.39 is 23.4 Å². The maximum absolute atomic E-state index is 14.5. The molecular formula is C27H24F3N3O2. The minimum absolute atomic E-state index is 0.0294. The van der Waals surface area contributed by atoms with Gasteiger partial charge in [0.05, 0.1) is 29.1 Å². The average molecular weight is 480 g/mol. The van der Waals surface area contributed by atoms with E-state index in [0.29, 0.717) is 16.9 Å². The summed E-state index contributed by atoms with van der Waals surface area (Å²) in [6.45, 7) is 5.40. The van der Waals surface area contributed by atoms with E-state index in [-0.39, 0.29) is 29.8 Å². The predicted octanol–water partition coefficient (Wildman–Crippen LogP) is 6.44. The quantitative estimate of drug-likeness (QED) is 0.306. The lowest BCUT2D eigenvalue weighted by Crippen LogP contribution is -2.37. The lowest BCUT2D eigenvalue weighted by Gasteiger charge is -2.27. The van der Waals surface area contributed by atoms with Gasteiger partial charge in [0.15, 0.2) is 11.6 Å². The van der Waals surface area contributed by atoms with Gasteiger partial charge in [-0.3, -0.25) is 4.79 Å². The smallest absolute Gasteiger partial charge is 0.257 e. The van der Waals surface area contributed by atoms with E-state index in [9.17, 15) is 18.0 Å². The molecule has 0 bridgehead atoms. The molecule has 4 rings (SSSR count). The molecule has 0 unspecified atom stereocenters. The number of ether oxygens (including phenoxy) is 1. The van der Waals surface area contributed by atoms with E-state index in [1.807, 2.05) is 32.0 Å². The van der Waals surface area contributed by atoms with Gasteiger partial charge in [-0.2, -0.15) is 5.10 Å². The second-order valence-corrected chi connectivity index (χ2v) is 8.30. The Morgan fingerprint density at radius 3 is 2.31 bits per heavy atom. The van der Waals surface area contributed by atoms with Gasteiger partial charge in [0.2, 0.25) is 5.88 Å². The third kappa shape index (κ3) is 5.06. The van der Waals surface area contributed by atoms with Crippen molar-refractivity contribution in [3.63, 3.8) is 0 Å². The highest BCUT2D eigenvalue weighted by Gasteiger charge is 2.27. The third-order valence-corrected chi connectivity index (χ3v) is 5.56. The lowest BCUT2D eigenvalue weighted by atomic mass is 10.1. The van der Waals surface area contributed by atoms with Gasteiger partial charge in [0.1, 0.15) is 11.6 Å². The van der Waals surface area contributed by atoms with Crippen LogP contribution in [0.4, 0.5) is 13.2 Å². The number of hydrogen-bond acceptors (Lipinski definition) is 3. The minimum Gasteiger partial charge on any atom is -0.435 e. The molecule has 35 heavy (non-hydrogen) atoms. The molecule has 3 aromatic carbocycles. The van der Waals surface area contributed by atoms with Crippen molar-refractivity contribution < 1.29 is 22.7 Å². The molecule has 1 heterocycles. The van der Waals surface area contributed by atoms with Gasteiger partial charge >= 0.3 is 0 Å². The number of aryl methyl sites for hydroxylation is 1. The van der Waals surface area contributed by atoms with Crippen LogP contribution in [-0.4, -0.2) is 26.6 Å². The molecule has 0 radical (unpaired) electrons. The van der Waals surface area contributed by atoms with Crippen LogP contribution >= 0.6 is 0 Å². The number of nitrogens with zero attached hydrogens (tertiary/aromatic N) is 3. The monoisotopic (exact) mass is 479 g/mol. The fourth-order valence-corrected chi connectivity index (χ4v) is 3.68. The normalized spacial score (nSPS) is 11.1. The molecule has 4 aromatic rings. The van der Waals surface area contributed by atoms with Crippen LogP contribution in [-0.2, 0) is 6.54 Å². The molecule has 180 valence electrons. The third-order valence-electron chi connectivity index (χ3n) is 5.56. The zero-order valence-electron chi connectivity index (χ0n) is 19.5. The summed E-state index contributed by atoms with van der Waals surface area (Å²) in [5.41, 5.74) is 1.64. The van der Waals surface area contributed by atoms with Gasteiger partial charge in [-0.15, -0.1) is 0 Å². The van der Waals surface area contributed by atoms with Crippen molar-refractivity contribution in [3.05, 3.63) is 107 Å². The predicted molar refractivity (Wildman–Crippen MR) is 126 cm³/mol. The Balaban J connectivity index is 1.80. The summed E-state index contributed by atoms with van der Waals surface area (Å²) < 4.78 is 49.8. The molecule has 5 nitrogen and oxygen atoms in total. The van der Waals surface area contributed by atoms with Crippen molar-refractivity contribution in [1.82, 2.24) is 14.7 Å². The Hall–Kier alpha value is -4.07. The van der Waals surface area contributed by atoms with Crippen LogP contribution in [0.5, 0.6) is 11.6 Å². The molecule has 0 aliphatic rings. The van der Waals surface area contributed by atoms with E-state index >= 15 is 0 Å². The number of rotatable bonds is 7. The Bertz CT molecular complexity index is 1350. The van der Waals surface area contributed by atoms with Crippen molar-refractivity contribution in [2.75, 3.05) is 0 Å². The number of carbonyl (C=O) groups excluding carboxylic acids is 1. The fraction of sp³-hybridized carbons (Fsp3) is 0.185. The molecule has 1 aromatic heterocycles. The summed E-state index contributed by atoms with van der Waals surface area (Å²) in [5.74, 6) is -2.75. The highest BCUT2D eigenvalue weighted by molar-refractivity contribution is 5.94. The fourth-order valence-electron chi connectivity index (χ4n) is 3.68. The van der Waals surface area contributed by atoms with Crippen LogP contribution in [0.15, 0.2) is 72.8 Å². The summed E-state index contributed by atoms with van der Waals surface area (Å²) in [6.07, 6.45) is 0. The Kier molecular flexibility index (Phi) is 6.91. The van der Waals surface area contributed by atoms with Gasteiger partial charge in [-0.25, -0.2) is 17.9 Å². The molecule has 8 heteroatoms. The maximum Gasteiger partial charge on any atom is 0.257 e. The molecule has 0 aliphatic heterocycles. The standard InChI is InChI=1S/C27H24F3N3O2/c1-17(2)32(26(34)21-11-7-8-12-23(21)29)16-22-18(3)31-33(20-9-5-4-6-10-20)27(22)35-25-14-13-19(28)15-24(25)30/h4-15,17H,16H2,1-3H3. The topological polar surface area (TPSA) is 47.4 Å². The molecule has 0 aliphatic carbocycles. The highest BCUT2D eigenvalue weighted by atomic mass is 19.1. The van der Waals surface area contributed by atoms with Crippen molar-refractivity contribution in [1.29, 1.82) is 0 Å². The number of benzene rings is 3. The second-order valence-electron chi connectivity index (χ2n) is 8.30. The Morgan fingerprint density at radius 1 is 0.971 bits per heavy atom. The van der Waals surface area contributed by atoms with Gasteiger partial charge in [0.25, 0.3) is 5.91 Å². The molecule has 0 fully saturated rings. The van der Waals surface area contributed by atoms with Gasteiger partial charge in [0, 0.05) is 12.1 Å². The maximum atomic E-state index is 14.5. The first kappa shape index (κ1) is 24.1. The van der Waals surface area contributed by atoms with E-state index in [0.717, 1.165) is 12.1 Å². The first-order valence-electron chi connectivity index (χ1n) is 11.1. The number of carbonyl (C=O) groups is 1. The summed E-state index contributed by atoms with van der Waals surface area (Å²) >= 11 is 0. The first-order chi connectivity index (χ1) is 16.8. The molecule has 0 saturated heterocycles. The Labute approximate surface area is 201 Å². The molecule has 1 amide bonds. The second kappa shape index (κ2) is 10.0. The number of amides is 1. The van der Waals surface area contributed by atoms with Gasteiger partial charge in [-0.05, 0) is 57.2 Å². The van der Waals surface area contributed by atoms with Crippen molar-refractivity contribution >= 4 is 5.91 Å². The largest absolute Gasteiger partial charge is 0.435 e. The van der Waals surface area contributed by atoms with Crippen LogP contribution in [0.25, 0.3) is 5.69 Å². The summed E-state index contributed by atoms with van der Waals surface area (Å²) in [4.78, 5) is 14.8. The van der Waals surface area contributed by atoms with Crippen LogP contribution in [0.3, 0.4) is 0 Å². The number of aromatic nitrogens is 2. The molecular weight excluding hydrogens is 455 g/mol.